The minimum absolute atomic E-state index is 0.0122. The highest BCUT2D eigenvalue weighted by Crippen LogP contribution is 2.26. The summed E-state index contributed by atoms with van der Waals surface area (Å²) in [6.07, 6.45) is 0.971. The summed E-state index contributed by atoms with van der Waals surface area (Å²) >= 11 is 0. The third-order valence-electron chi connectivity index (χ3n) is 5.06. The zero-order valence-corrected chi connectivity index (χ0v) is 18.3. The van der Waals surface area contributed by atoms with Crippen molar-refractivity contribution in [1.82, 2.24) is 14.5 Å². The first-order valence-electron chi connectivity index (χ1n) is 9.61. The fraction of sp³-hybridized carbons (Fsp3) is 0.650. The van der Waals surface area contributed by atoms with Gasteiger partial charge >= 0.3 is 0 Å². The van der Waals surface area contributed by atoms with Crippen molar-refractivity contribution in [2.75, 3.05) is 40.3 Å². The molecule has 1 fully saturated rings. The van der Waals surface area contributed by atoms with Gasteiger partial charge in [-0.15, -0.1) is 0 Å². The van der Waals surface area contributed by atoms with Crippen LogP contribution in [0.25, 0.3) is 0 Å². The molecule has 0 aromatic heterocycles. The first kappa shape index (κ1) is 22.8. The van der Waals surface area contributed by atoms with E-state index in [0.29, 0.717) is 38.0 Å². The fourth-order valence-electron chi connectivity index (χ4n) is 3.78. The second-order valence-electron chi connectivity index (χ2n) is 8.71. The highest BCUT2D eigenvalue weighted by atomic mass is 32.2. The minimum atomic E-state index is -3.68. The van der Waals surface area contributed by atoms with E-state index < -0.39 is 15.8 Å². The number of nitrogens with one attached hydrogen (secondary N) is 1. The number of benzene rings is 1. The van der Waals surface area contributed by atoms with Crippen LogP contribution in [0.5, 0.6) is 0 Å². The third kappa shape index (κ3) is 5.75. The number of rotatable bonds is 7. The summed E-state index contributed by atoms with van der Waals surface area (Å²) in [7, 11) is 0.327. The molecule has 1 aromatic rings. The maximum Gasteiger partial charge on any atom is 0.243 e. The normalized spacial score (nSPS) is 17.1. The lowest BCUT2D eigenvalue weighted by Gasteiger charge is -2.32. The average molecular weight is 414 g/mol. The van der Waals surface area contributed by atoms with Crippen LogP contribution in [0.2, 0.25) is 0 Å². The molecule has 2 rings (SSSR count). The van der Waals surface area contributed by atoms with Crippen LogP contribution in [0, 0.1) is 24.1 Å². The van der Waals surface area contributed by atoms with E-state index in [1.807, 2.05) is 14.1 Å². The van der Waals surface area contributed by atoms with E-state index in [2.05, 4.69) is 24.1 Å². The molecular formula is C20H32FN3O3S. The Morgan fingerprint density at radius 2 is 1.89 bits per heavy atom. The molecule has 1 saturated heterocycles. The van der Waals surface area contributed by atoms with Crippen LogP contribution in [0.15, 0.2) is 23.1 Å². The highest BCUT2D eigenvalue weighted by Gasteiger charge is 2.33. The van der Waals surface area contributed by atoms with Crippen LogP contribution in [-0.2, 0) is 14.8 Å². The maximum absolute atomic E-state index is 13.3. The van der Waals surface area contributed by atoms with Gasteiger partial charge in [0.15, 0.2) is 0 Å². The Hall–Kier alpha value is -1.51. The van der Waals surface area contributed by atoms with Crippen molar-refractivity contribution >= 4 is 15.9 Å². The van der Waals surface area contributed by atoms with Crippen LogP contribution in [0.3, 0.4) is 0 Å². The van der Waals surface area contributed by atoms with E-state index >= 15 is 0 Å². The number of amides is 1. The maximum atomic E-state index is 13.3. The molecule has 8 heteroatoms. The van der Waals surface area contributed by atoms with E-state index in [1.54, 1.807) is 6.92 Å². The molecule has 0 spiro atoms. The predicted molar refractivity (Wildman–Crippen MR) is 108 cm³/mol. The second kappa shape index (κ2) is 8.88. The highest BCUT2D eigenvalue weighted by molar-refractivity contribution is 7.89. The van der Waals surface area contributed by atoms with Crippen LogP contribution in [0.1, 0.15) is 32.3 Å². The molecule has 1 aromatic carbocycles. The first-order valence-corrected chi connectivity index (χ1v) is 11.1. The van der Waals surface area contributed by atoms with Crippen LogP contribution in [0.4, 0.5) is 4.39 Å². The van der Waals surface area contributed by atoms with Crippen molar-refractivity contribution in [3.63, 3.8) is 0 Å². The zero-order valence-electron chi connectivity index (χ0n) is 17.5. The lowest BCUT2D eigenvalue weighted by atomic mass is 9.91. The Morgan fingerprint density at radius 1 is 1.29 bits per heavy atom. The molecule has 28 heavy (non-hydrogen) atoms. The van der Waals surface area contributed by atoms with Gasteiger partial charge in [-0.3, -0.25) is 4.79 Å². The molecule has 6 nitrogen and oxygen atoms in total. The van der Waals surface area contributed by atoms with E-state index in [1.165, 1.54) is 16.4 Å². The van der Waals surface area contributed by atoms with Crippen molar-refractivity contribution in [3.8, 4) is 0 Å². The SMILES string of the molecule is Cc1cc(F)ccc1S(=O)(=O)N1CCC(C(=O)NCC(C)(C)CN(C)C)CC1. The molecule has 0 aliphatic carbocycles. The minimum Gasteiger partial charge on any atom is -0.355 e. The summed E-state index contributed by atoms with van der Waals surface area (Å²) < 4.78 is 40.4. The molecule has 1 heterocycles. The number of aryl methyl sites for hydroxylation is 1. The number of carbonyl (C=O) groups is 1. The van der Waals surface area contributed by atoms with Gasteiger partial charge in [-0.2, -0.15) is 4.31 Å². The summed E-state index contributed by atoms with van der Waals surface area (Å²) in [4.78, 5) is 14.7. The molecule has 0 radical (unpaired) electrons. The fourth-order valence-corrected chi connectivity index (χ4v) is 5.46. The third-order valence-corrected chi connectivity index (χ3v) is 7.12. The smallest absolute Gasteiger partial charge is 0.243 e. The quantitative estimate of drug-likeness (QED) is 0.744. The number of piperidine rings is 1. The van der Waals surface area contributed by atoms with Crippen molar-refractivity contribution in [2.24, 2.45) is 11.3 Å². The summed E-state index contributed by atoms with van der Waals surface area (Å²) in [6.45, 7) is 7.82. The lowest BCUT2D eigenvalue weighted by molar-refractivity contribution is -0.126. The van der Waals surface area contributed by atoms with Crippen LogP contribution in [-0.4, -0.2) is 63.8 Å². The van der Waals surface area contributed by atoms with Crippen molar-refractivity contribution < 1.29 is 17.6 Å². The average Bonchev–Trinajstić information content (AvgIpc) is 2.58. The topological polar surface area (TPSA) is 69.7 Å². The van der Waals surface area contributed by atoms with E-state index in [0.717, 1.165) is 12.6 Å². The number of hydrogen-bond acceptors (Lipinski definition) is 4. The number of carbonyl (C=O) groups excluding carboxylic acids is 1. The Morgan fingerprint density at radius 3 is 2.43 bits per heavy atom. The number of sulfonamides is 1. The molecule has 1 aliphatic rings. The van der Waals surface area contributed by atoms with Gasteiger partial charge in [-0.05, 0) is 63.0 Å². The second-order valence-corrected chi connectivity index (χ2v) is 10.6. The van der Waals surface area contributed by atoms with Gasteiger partial charge in [0.25, 0.3) is 0 Å². The monoisotopic (exact) mass is 413 g/mol. The zero-order chi connectivity index (χ0) is 21.1. The van der Waals surface area contributed by atoms with Gasteiger partial charge < -0.3 is 10.2 Å². The summed E-state index contributed by atoms with van der Waals surface area (Å²) in [5.41, 5.74) is 0.353. The van der Waals surface area contributed by atoms with Crippen LogP contribution < -0.4 is 5.32 Å². The predicted octanol–water partition coefficient (Wildman–Crippen LogP) is 2.24. The van der Waals surface area contributed by atoms with E-state index in [-0.39, 0.29) is 22.1 Å². The molecular weight excluding hydrogens is 381 g/mol. The van der Waals surface area contributed by atoms with Gasteiger partial charge in [0.2, 0.25) is 15.9 Å². The molecule has 0 saturated carbocycles. The van der Waals surface area contributed by atoms with Gasteiger partial charge in [0.05, 0.1) is 4.90 Å². The Bertz CT molecular complexity index is 801. The molecule has 0 unspecified atom stereocenters. The van der Waals surface area contributed by atoms with Gasteiger partial charge in [-0.1, -0.05) is 13.8 Å². The van der Waals surface area contributed by atoms with Gasteiger partial charge in [-0.25, -0.2) is 12.8 Å². The number of hydrogen-bond donors (Lipinski definition) is 1. The first-order chi connectivity index (χ1) is 12.9. The Balaban J connectivity index is 1.94. The molecule has 0 atom stereocenters. The Kier molecular flexibility index (Phi) is 7.22. The molecule has 0 bridgehead atoms. The number of nitrogens with zero attached hydrogens (tertiary/aromatic N) is 2. The van der Waals surface area contributed by atoms with Gasteiger partial charge in [0.1, 0.15) is 5.82 Å². The Labute approximate surface area is 168 Å². The van der Waals surface area contributed by atoms with E-state index in [4.69, 9.17) is 0 Å². The summed E-state index contributed by atoms with van der Waals surface area (Å²) in [6, 6.07) is 3.70. The largest absolute Gasteiger partial charge is 0.355 e. The molecule has 158 valence electrons. The summed E-state index contributed by atoms with van der Waals surface area (Å²) in [5, 5.41) is 3.02. The lowest BCUT2D eigenvalue weighted by Crippen LogP contribution is -2.46. The summed E-state index contributed by atoms with van der Waals surface area (Å²) in [5.74, 6) is -0.651. The van der Waals surface area contributed by atoms with E-state index in [9.17, 15) is 17.6 Å². The van der Waals surface area contributed by atoms with Crippen molar-refractivity contribution in [2.45, 2.75) is 38.5 Å². The van der Waals surface area contributed by atoms with Crippen molar-refractivity contribution in [1.29, 1.82) is 0 Å². The standard InChI is InChI=1S/C20H32FN3O3S/c1-15-12-17(21)6-7-18(15)28(26,27)24-10-8-16(9-11-24)19(25)22-13-20(2,3)14-23(4)5/h6-7,12,16H,8-11,13-14H2,1-5H3,(H,22,25). The molecule has 1 N–H and O–H groups in total. The van der Waals surface area contributed by atoms with Crippen molar-refractivity contribution in [3.05, 3.63) is 29.6 Å². The van der Waals surface area contributed by atoms with Gasteiger partial charge in [0, 0.05) is 32.1 Å². The molecule has 1 amide bonds. The number of halogens is 1. The van der Waals surface area contributed by atoms with Crippen LogP contribution >= 0.6 is 0 Å². The molecule has 1 aliphatic heterocycles.